The van der Waals surface area contributed by atoms with Gasteiger partial charge in [0.15, 0.2) is 0 Å². The molecule has 0 bridgehead atoms. The second-order valence-electron chi connectivity index (χ2n) is 12.3. The number of nitrogens with one attached hydrogen (secondary N) is 4. The minimum absolute atomic E-state index is 0.00541. The third-order valence-corrected chi connectivity index (χ3v) is 8.08. The van der Waals surface area contributed by atoms with Crippen LogP contribution in [-0.4, -0.2) is 60.4 Å². The number of aromatic nitrogens is 4. The third-order valence-electron chi connectivity index (χ3n) is 8.08. The number of carbonyl (C=O) groups is 3. The summed E-state index contributed by atoms with van der Waals surface area (Å²) in [5, 5.41) is 14.0. The number of rotatable bonds is 11. The Morgan fingerprint density at radius 3 is 2.04 bits per heavy atom. The number of benzene rings is 2. The number of carboxylic acid groups (broad SMARTS) is 1. The summed E-state index contributed by atoms with van der Waals surface area (Å²) >= 11 is 0. The first kappa shape index (κ1) is 31.5. The lowest BCUT2D eigenvalue weighted by Crippen LogP contribution is -2.49. The number of likely N-dealkylation sites (tertiary alicyclic amines) is 1. The van der Waals surface area contributed by atoms with Gasteiger partial charge in [0.25, 0.3) is 0 Å². The van der Waals surface area contributed by atoms with Gasteiger partial charge < -0.3 is 30.6 Å². The zero-order valence-electron chi connectivity index (χ0n) is 26.1. The number of carbonyl (C=O) groups excluding carboxylic acids is 2. The molecule has 0 aliphatic carbocycles. The van der Waals surface area contributed by atoms with Crippen LogP contribution in [0.4, 0.5) is 4.79 Å². The van der Waals surface area contributed by atoms with Crippen molar-refractivity contribution in [2.75, 3.05) is 6.54 Å². The maximum atomic E-state index is 12.8. The molecule has 3 amide bonds. The number of aromatic amines is 2. The first-order valence-electron chi connectivity index (χ1n) is 15.5. The summed E-state index contributed by atoms with van der Waals surface area (Å²) in [6.07, 6.45) is 4.80. The SMILES string of the molecule is CC(C)CC(=O)N1CCC[C@H]1c1ncc(-c2ccc(-c3ccc(-c4cnc(CNC(=O)[C@@H](NC(=O)O)C(C)C)[nH]4)cc3)cc2)[nH]1. The van der Waals surface area contributed by atoms with Gasteiger partial charge in [0.05, 0.1) is 36.4 Å². The standard InChI is InChI=1S/C34H41N7O4/c1-20(2)16-30(42)41-15-5-6-28(41)32-36-18-27(39-32)25-13-9-23(10-14-25)22-7-11-24(12-8-22)26-17-35-29(38-26)19-37-33(43)31(21(3)4)40-34(44)45/h7-14,17-18,20-21,28,31,40H,5-6,15-16,19H2,1-4H3,(H,35,38)(H,36,39)(H,37,43)(H,44,45)/t28-,31-/m0/s1. The normalized spacial score (nSPS) is 15.4. The molecule has 5 rings (SSSR count). The fourth-order valence-corrected chi connectivity index (χ4v) is 5.70. The number of hydrogen-bond donors (Lipinski definition) is 5. The van der Waals surface area contributed by atoms with Gasteiger partial charge in [-0.25, -0.2) is 14.8 Å². The van der Waals surface area contributed by atoms with Crippen molar-refractivity contribution < 1.29 is 19.5 Å². The van der Waals surface area contributed by atoms with Crippen molar-refractivity contribution in [3.8, 4) is 33.6 Å². The molecule has 1 fully saturated rings. The van der Waals surface area contributed by atoms with Crippen molar-refractivity contribution >= 4 is 17.9 Å². The van der Waals surface area contributed by atoms with E-state index in [4.69, 9.17) is 5.11 Å². The van der Waals surface area contributed by atoms with E-state index in [-0.39, 0.29) is 24.4 Å². The van der Waals surface area contributed by atoms with E-state index >= 15 is 0 Å². The van der Waals surface area contributed by atoms with Crippen molar-refractivity contribution in [2.45, 2.75) is 65.6 Å². The van der Waals surface area contributed by atoms with Gasteiger partial charge in [-0.05, 0) is 46.9 Å². The van der Waals surface area contributed by atoms with E-state index in [9.17, 15) is 14.4 Å². The largest absolute Gasteiger partial charge is 0.465 e. The van der Waals surface area contributed by atoms with Crippen LogP contribution in [0, 0.1) is 11.8 Å². The van der Waals surface area contributed by atoms with Crippen molar-refractivity contribution in [2.24, 2.45) is 11.8 Å². The highest BCUT2D eigenvalue weighted by Gasteiger charge is 2.32. The predicted molar refractivity (Wildman–Crippen MR) is 172 cm³/mol. The Balaban J connectivity index is 1.20. The lowest BCUT2D eigenvalue weighted by atomic mass is 10.0. The summed E-state index contributed by atoms with van der Waals surface area (Å²) in [5.74, 6) is 1.35. The van der Waals surface area contributed by atoms with E-state index in [1.54, 1.807) is 20.0 Å². The molecule has 1 saturated heterocycles. The Morgan fingerprint density at radius 1 is 0.889 bits per heavy atom. The number of H-pyrrole nitrogens is 2. The number of amides is 3. The van der Waals surface area contributed by atoms with Crippen LogP contribution in [0.5, 0.6) is 0 Å². The van der Waals surface area contributed by atoms with Crippen molar-refractivity contribution in [3.05, 3.63) is 72.6 Å². The molecule has 2 aromatic heterocycles. The van der Waals surface area contributed by atoms with Crippen molar-refractivity contribution in [3.63, 3.8) is 0 Å². The lowest BCUT2D eigenvalue weighted by molar-refractivity contribution is -0.133. The fraction of sp³-hybridized carbons (Fsp3) is 0.382. The second kappa shape index (κ2) is 13.8. The molecule has 11 heteroatoms. The summed E-state index contributed by atoms with van der Waals surface area (Å²) in [6.45, 7) is 8.64. The molecule has 2 atom stereocenters. The molecule has 11 nitrogen and oxygen atoms in total. The molecule has 45 heavy (non-hydrogen) atoms. The quantitative estimate of drug-likeness (QED) is 0.145. The van der Waals surface area contributed by atoms with E-state index < -0.39 is 18.0 Å². The van der Waals surface area contributed by atoms with Crippen LogP contribution in [0.1, 0.15) is 64.6 Å². The number of imidazole rings is 2. The molecule has 1 aliphatic heterocycles. The van der Waals surface area contributed by atoms with Crippen LogP contribution in [0.15, 0.2) is 60.9 Å². The fourth-order valence-electron chi connectivity index (χ4n) is 5.70. The molecule has 5 N–H and O–H groups in total. The highest BCUT2D eigenvalue weighted by atomic mass is 16.4. The van der Waals surface area contributed by atoms with Crippen molar-refractivity contribution in [1.82, 2.24) is 35.5 Å². The van der Waals surface area contributed by atoms with Gasteiger partial charge >= 0.3 is 6.09 Å². The van der Waals surface area contributed by atoms with Crippen LogP contribution >= 0.6 is 0 Å². The Labute approximate surface area is 262 Å². The van der Waals surface area contributed by atoms with Gasteiger partial charge in [0, 0.05) is 13.0 Å². The Hall–Kier alpha value is -4.93. The zero-order chi connectivity index (χ0) is 32.1. The van der Waals surface area contributed by atoms with Gasteiger partial charge in [-0.1, -0.05) is 76.2 Å². The summed E-state index contributed by atoms with van der Waals surface area (Å²) < 4.78 is 0. The molecule has 1 aliphatic rings. The highest BCUT2D eigenvalue weighted by molar-refractivity contribution is 5.85. The number of nitrogens with zero attached hydrogens (tertiary/aromatic N) is 3. The molecule has 0 saturated carbocycles. The second-order valence-corrected chi connectivity index (χ2v) is 12.3. The van der Waals surface area contributed by atoms with E-state index in [0.717, 1.165) is 58.9 Å². The van der Waals surface area contributed by atoms with E-state index in [2.05, 4.69) is 80.8 Å². The van der Waals surface area contributed by atoms with E-state index in [0.29, 0.717) is 18.2 Å². The van der Waals surface area contributed by atoms with Crippen LogP contribution in [-0.2, 0) is 16.1 Å². The third kappa shape index (κ3) is 7.60. The van der Waals surface area contributed by atoms with Crippen LogP contribution in [0.25, 0.3) is 33.6 Å². The Bertz CT molecular complexity index is 1620. The summed E-state index contributed by atoms with van der Waals surface area (Å²) in [6, 6.07) is 15.6. The minimum Gasteiger partial charge on any atom is -0.465 e. The van der Waals surface area contributed by atoms with Gasteiger partial charge in [-0.15, -0.1) is 0 Å². The number of hydrogen-bond acceptors (Lipinski definition) is 5. The molecular formula is C34H41N7O4. The van der Waals surface area contributed by atoms with Gasteiger partial charge in [0.2, 0.25) is 11.8 Å². The smallest absolute Gasteiger partial charge is 0.405 e. The summed E-state index contributed by atoms with van der Waals surface area (Å²) in [5.41, 5.74) is 5.87. The molecule has 0 spiro atoms. The minimum atomic E-state index is -1.24. The van der Waals surface area contributed by atoms with Gasteiger partial charge in [0.1, 0.15) is 17.7 Å². The molecule has 0 radical (unpaired) electrons. The Kier molecular flexibility index (Phi) is 9.65. The molecule has 2 aromatic carbocycles. The van der Waals surface area contributed by atoms with Crippen LogP contribution in [0.3, 0.4) is 0 Å². The van der Waals surface area contributed by atoms with Crippen LogP contribution in [0.2, 0.25) is 0 Å². The topological polar surface area (TPSA) is 156 Å². The summed E-state index contributed by atoms with van der Waals surface area (Å²) in [7, 11) is 0. The first-order valence-corrected chi connectivity index (χ1v) is 15.5. The molecule has 236 valence electrons. The van der Waals surface area contributed by atoms with E-state index in [1.807, 2.05) is 23.2 Å². The van der Waals surface area contributed by atoms with E-state index in [1.165, 1.54) is 0 Å². The highest BCUT2D eigenvalue weighted by Crippen LogP contribution is 2.33. The molecule has 3 heterocycles. The van der Waals surface area contributed by atoms with Crippen molar-refractivity contribution in [1.29, 1.82) is 0 Å². The molecule has 4 aromatic rings. The van der Waals surface area contributed by atoms with Gasteiger partial charge in [-0.2, -0.15) is 0 Å². The average Bonchev–Trinajstić information content (AvgIpc) is 3.79. The first-order chi connectivity index (χ1) is 21.6. The molecular weight excluding hydrogens is 570 g/mol. The maximum absolute atomic E-state index is 12.8. The monoisotopic (exact) mass is 611 g/mol. The Morgan fingerprint density at radius 2 is 1.47 bits per heavy atom. The summed E-state index contributed by atoms with van der Waals surface area (Å²) in [4.78, 5) is 53.9. The van der Waals surface area contributed by atoms with Crippen LogP contribution < -0.4 is 10.6 Å². The zero-order valence-corrected chi connectivity index (χ0v) is 26.1. The predicted octanol–water partition coefficient (Wildman–Crippen LogP) is 5.75. The van der Waals surface area contributed by atoms with Gasteiger partial charge in [-0.3, -0.25) is 9.59 Å². The maximum Gasteiger partial charge on any atom is 0.405 e. The average molecular weight is 612 g/mol. The molecule has 0 unspecified atom stereocenters. The lowest BCUT2D eigenvalue weighted by Gasteiger charge is -2.24.